The van der Waals surface area contributed by atoms with E-state index in [2.05, 4.69) is 10.6 Å². The van der Waals surface area contributed by atoms with E-state index in [9.17, 15) is 4.79 Å². The molecule has 2 rings (SSSR count). The number of hydrogen-bond donors (Lipinski definition) is 3. The predicted octanol–water partition coefficient (Wildman–Crippen LogP) is 1.86. The van der Waals surface area contributed by atoms with Gasteiger partial charge in [-0.2, -0.15) is 0 Å². The fraction of sp³-hybridized carbons (Fsp3) is 0.429. The van der Waals surface area contributed by atoms with E-state index in [0.29, 0.717) is 23.1 Å². The summed E-state index contributed by atoms with van der Waals surface area (Å²) in [6.45, 7) is 1.42. The summed E-state index contributed by atoms with van der Waals surface area (Å²) in [6.07, 6.45) is 2.27. The third-order valence-electron chi connectivity index (χ3n) is 3.21. The molecule has 1 fully saturated rings. The number of rotatable bonds is 5. The first-order chi connectivity index (χ1) is 10.1. The second-order valence-corrected chi connectivity index (χ2v) is 5.10. The smallest absolute Gasteiger partial charge is 0.335 e. The molecule has 1 aliphatic heterocycles. The number of benzene rings is 1. The second-order valence-electron chi connectivity index (χ2n) is 4.69. The normalized spacial score (nSPS) is 17.3. The van der Waals surface area contributed by atoms with Gasteiger partial charge in [0.15, 0.2) is 5.11 Å². The topological polar surface area (TPSA) is 79.8 Å². The molecule has 0 aliphatic carbocycles. The van der Waals surface area contributed by atoms with Crippen molar-refractivity contribution in [1.29, 1.82) is 0 Å². The van der Waals surface area contributed by atoms with Crippen molar-refractivity contribution in [2.45, 2.75) is 18.9 Å². The van der Waals surface area contributed by atoms with Gasteiger partial charge in [0, 0.05) is 13.2 Å². The largest absolute Gasteiger partial charge is 0.495 e. The van der Waals surface area contributed by atoms with Gasteiger partial charge in [0.2, 0.25) is 0 Å². The van der Waals surface area contributed by atoms with Gasteiger partial charge in [-0.15, -0.1) is 0 Å². The van der Waals surface area contributed by atoms with Crippen molar-refractivity contribution >= 4 is 29.0 Å². The van der Waals surface area contributed by atoms with Gasteiger partial charge >= 0.3 is 5.97 Å². The van der Waals surface area contributed by atoms with E-state index >= 15 is 0 Å². The van der Waals surface area contributed by atoms with Crippen molar-refractivity contribution in [1.82, 2.24) is 5.32 Å². The van der Waals surface area contributed by atoms with E-state index in [-0.39, 0.29) is 11.7 Å². The molecule has 1 atom stereocenters. The third-order valence-corrected chi connectivity index (χ3v) is 3.46. The minimum Gasteiger partial charge on any atom is -0.495 e. The highest BCUT2D eigenvalue weighted by Crippen LogP contribution is 2.25. The van der Waals surface area contributed by atoms with Crippen molar-refractivity contribution in [3.63, 3.8) is 0 Å². The Kier molecular flexibility index (Phi) is 5.35. The van der Waals surface area contributed by atoms with Gasteiger partial charge in [-0.3, -0.25) is 0 Å². The lowest BCUT2D eigenvalue weighted by molar-refractivity contribution is 0.0697. The monoisotopic (exact) mass is 310 g/mol. The zero-order chi connectivity index (χ0) is 15.2. The summed E-state index contributed by atoms with van der Waals surface area (Å²) in [5.41, 5.74) is 0.683. The van der Waals surface area contributed by atoms with Crippen LogP contribution in [-0.2, 0) is 4.74 Å². The number of aromatic carboxylic acids is 1. The first-order valence-corrected chi connectivity index (χ1v) is 7.08. The fourth-order valence-corrected chi connectivity index (χ4v) is 2.31. The van der Waals surface area contributed by atoms with Crippen molar-refractivity contribution in [3.05, 3.63) is 23.8 Å². The molecule has 114 valence electrons. The van der Waals surface area contributed by atoms with Crippen LogP contribution in [0.4, 0.5) is 5.69 Å². The highest BCUT2D eigenvalue weighted by molar-refractivity contribution is 7.80. The van der Waals surface area contributed by atoms with Crippen LogP contribution in [0.3, 0.4) is 0 Å². The molecule has 1 saturated heterocycles. The second kappa shape index (κ2) is 7.24. The average molecular weight is 310 g/mol. The summed E-state index contributed by atoms with van der Waals surface area (Å²) in [4.78, 5) is 11.0. The van der Waals surface area contributed by atoms with Gasteiger partial charge in [-0.05, 0) is 43.3 Å². The number of carbonyl (C=O) groups is 1. The van der Waals surface area contributed by atoms with Crippen LogP contribution < -0.4 is 15.4 Å². The van der Waals surface area contributed by atoms with E-state index in [4.69, 9.17) is 26.8 Å². The quantitative estimate of drug-likeness (QED) is 0.716. The minimum absolute atomic E-state index is 0.167. The molecule has 0 amide bonds. The molecule has 0 unspecified atom stereocenters. The van der Waals surface area contributed by atoms with Crippen LogP contribution in [0.25, 0.3) is 0 Å². The van der Waals surface area contributed by atoms with Gasteiger partial charge in [-0.25, -0.2) is 4.79 Å². The number of carboxylic acid groups (broad SMARTS) is 1. The maximum Gasteiger partial charge on any atom is 0.335 e. The summed E-state index contributed by atoms with van der Waals surface area (Å²) in [5.74, 6) is -0.472. The van der Waals surface area contributed by atoms with E-state index < -0.39 is 5.97 Å². The fourth-order valence-electron chi connectivity index (χ4n) is 2.12. The van der Waals surface area contributed by atoms with Crippen LogP contribution in [0.1, 0.15) is 23.2 Å². The van der Waals surface area contributed by atoms with Crippen LogP contribution in [0.2, 0.25) is 0 Å². The minimum atomic E-state index is -1.00. The summed E-state index contributed by atoms with van der Waals surface area (Å²) in [5, 5.41) is 15.5. The Hall–Kier alpha value is -1.86. The molecule has 3 N–H and O–H groups in total. The lowest BCUT2D eigenvalue weighted by Gasteiger charge is -2.16. The zero-order valence-corrected chi connectivity index (χ0v) is 12.5. The molecule has 6 nitrogen and oxygen atoms in total. The van der Waals surface area contributed by atoms with Gasteiger partial charge in [0.25, 0.3) is 0 Å². The summed E-state index contributed by atoms with van der Waals surface area (Å²) in [7, 11) is 1.52. The Morgan fingerprint density at radius 3 is 3.00 bits per heavy atom. The first kappa shape index (κ1) is 15.5. The number of methoxy groups -OCH3 is 1. The molecule has 0 bridgehead atoms. The number of hydrogen-bond acceptors (Lipinski definition) is 4. The molecule has 1 aliphatic rings. The molecular formula is C14H18N2O4S. The molecule has 1 heterocycles. The van der Waals surface area contributed by atoms with Crippen molar-refractivity contribution < 1.29 is 19.4 Å². The Morgan fingerprint density at radius 2 is 2.38 bits per heavy atom. The van der Waals surface area contributed by atoms with E-state index in [0.717, 1.165) is 19.4 Å². The lowest BCUT2D eigenvalue weighted by atomic mass is 10.2. The Labute approximate surface area is 128 Å². The van der Waals surface area contributed by atoms with Gasteiger partial charge in [0.05, 0.1) is 24.5 Å². The SMILES string of the molecule is COc1ccc(C(=O)O)cc1NC(=S)NC[C@@H]1CCCO1. The van der Waals surface area contributed by atoms with E-state index in [1.165, 1.54) is 19.2 Å². The van der Waals surface area contributed by atoms with Crippen molar-refractivity contribution in [2.75, 3.05) is 25.6 Å². The molecular weight excluding hydrogens is 292 g/mol. The molecule has 0 spiro atoms. The molecule has 21 heavy (non-hydrogen) atoms. The zero-order valence-electron chi connectivity index (χ0n) is 11.7. The van der Waals surface area contributed by atoms with E-state index in [1.54, 1.807) is 6.07 Å². The highest BCUT2D eigenvalue weighted by atomic mass is 32.1. The van der Waals surface area contributed by atoms with E-state index in [1.807, 2.05) is 0 Å². The summed E-state index contributed by atoms with van der Waals surface area (Å²) >= 11 is 5.21. The number of thiocarbonyl (C=S) groups is 1. The first-order valence-electron chi connectivity index (χ1n) is 6.68. The van der Waals surface area contributed by atoms with Crippen LogP contribution in [0.5, 0.6) is 5.75 Å². The van der Waals surface area contributed by atoms with Gasteiger partial charge in [-0.1, -0.05) is 0 Å². The van der Waals surface area contributed by atoms with Crippen LogP contribution in [0.15, 0.2) is 18.2 Å². The number of carboxylic acids is 1. The van der Waals surface area contributed by atoms with Crippen molar-refractivity contribution in [3.8, 4) is 5.75 Å². The number of ether oxygens (including phenoxy) is 2. The van der Waals surface area contributed by atoms with Crippen LogP contribution in [-0.4, -0.2) is 42.6 Å². The third kappa shape index (κ3) is 4.30. The van der Waals surface area contributed by atoms with Crippen molar-refractivity contribution in [2.24, 2.45) is 0 Å². The molecule has 7 heteroatoms. The molecule has 0 saturated carbocycles. The van der Waals surface area contributed by atoms with Gasteiger partial charge < -0.3 is 25.2 Å². The maximum absolute atomic E-state index is 11.0. The Bertz CT molecular complexity index is 530. The lowest BCUT2D eigenvalue weighted by Crippen LogP contribution is -2.34. The molecule has 1 aromatic carbocycles. The highest BCUT2D eigenvalue weighted by Gasteiger charge is 2.16. The standard InChI is InChI=1S/C14H18N2O4S/c1-19-12-5-4-9(13(17)18)7-11(12)16-14(21)15-8-10-3-2-6-20-10/h4-5,7,10H,2-3,6,8H2,1H3,(H,17,18)(H2,15,16,21)/t10-/m0/s1. The van der Waals surface area contributed by atoms with Crippen LogP contribution >= 0.6 is 12.2 Å². The summed E-state index contributed by atoms with van der Waals surface area (Å²) in [6, 6.07) is 4.56. The Balaban J connectivity index is 1.97. The predicted molar refractivity (Wildman–Crippen MR) is 83.2 cm³/mol. The Morgan fingerprint density at radius 1 is 1.57 bits per heavy atom. The van der Waals surface area contributed by atoms with Crippen LogP contribution in [0, 0.1) is 0 Å². The molecule has 0 aromatic heterocycles. The maximum atomic E-state index is 11.0. The molecule has 1 aromatic rings. The molecule has 0 radical (unpaired) electrons. The number of nitrogens with one attached hydrogen (secondary N) is 2. The number of anilines is 1. The summed E-state index contributed by atoms with van der Waals surface area (Å²) < 4.78 is 10.7. The average Bonchev–Trinajstić information content (AvgIpc) is 2.98. The van der Waals surface area contributed by atoms with Gasteiger partial charge in [0.1, 0.15) is 5.75 Å².